The van der Waals surface area contributed by atoms with Crippen LogP contribution in [0.2, 0.25) is 5.02 Å². The van der Waals surface area contributed by atoms with Crippen LogP contribution in [0.15, 0.2) is 50.2 Å². The lowest BCUT2D eigenvalue weighted by atomic mass is 10.3. The lowest BCUT2D eigenvalue weighted by molar-refractivity contribution is 0.601. The van der Waals surface area contributed by atoms with Crippen molar-refractivity contribution in [2.24, 2.45) is 0 Å². The molecule has 0 aromatic heterocycles. The molecule has 0 unspecified atom stereocenters. The van der Waals surface area contributed by atoms with Crippen molar-refractivity contribution in [3.05, 3.63) is 56.2 Å². The van der Waals surface area contributed by atoms with Crippen molar-refractivity contribution in [1.82, 2.24) is 0 Å². The van der Waals surface area contributed by atoms with Crippen molar-refractivity contribution in [3.63, 3.8) is 0 Å². The van der Waals surface area contributed by atoms with Crippen LogP contribution in [-0.2, 0) is 10.0 Å². The van der Waals surface area contributed by atoms with Gasteiger partial charge in [0.1, 0.15) is 5.82 Å². The first kappa shape index (κ1) is 15.8. The van der Waals surface area contributed by atoms with Crippen LogP contribution in [0.1, 0.15) is 0 Å². The molecule has 0 saturated heterocycles. The van der Waals surface area contributed by atoms with Crippen LogP contribution in [0, 0.1) is 5.82 Å². The van der Waals surface area contributed by atoms with Crippen LogP contribution < -0.4 is 4.72 Å². The molecule has 106 valence electrons. The van der Waals surface area contributed by atoms with Crippen molar-refractivity contribution in [2.45, 2.75) is 4.90 Å². The van der Waals surface area contributed by atoms with Gasteiger partial charge < -0.3 is 0 Å². The number of benzene rings is 2. The molecule has 0 atom stereocenters. The highest BCUT2D eigenvalue weighted by molar-refractivity contribution is 9.10. The number of hydrogen-bond donors (Lipinski definition) is 1. The Morgan fingerprint density at radius 3 is 2.35 bits per heavy atom. The quantitative estimate of drug-likeness (QED) is 0.741. The summed E-state index contributed by atoms with van der Waals surface area (Å²) in [6, 6.07) is 8.10. The fraction of sp³-hybridized carbons (Fsp3) is 0. The van der Waals surface area contributed by atoms with Crippen molar-refractivity contribution in [2.75, 3.05) is 4.72 Å². The average molecular weight is 444 g/mol. The van der Waals surface area contributed by atoms with Crippen LogP contribution in [0.4, 0.5) is 10.1 Å². The molecule has 0 saturated carbocycles. The Morgan fingerprint density at radius 2 is 1.75 bits per heavy atom. The first-order valence-electron chi connectivity index (χ1n) is 5.22. The molecular formula is C12H7Br2ClFNO2S. The fourth-order valence-electron chi connectivity index (χ4n) is 1.42. The fourth-order valence-corrected chi connectivity index (χ4v) is 3.52. The number of anilines is 1. The molecular weight excluding hydrogens is 436 g/mol. The van der Waals surface area contributed by atoms with Crippen molar-refractivity contribution >= 4 is 59.2 Å². The molecule has 1 N–H and O–H groups in total. The van der Waals surface area contributed by atoms with E-state index in [1.807, 2.05) is 0 Å². The minimum absolute atomic E-state index is 0.0502. The molecule has 0 aliphatic heterocycles. The number of halogens is 4. The SMILES string of the molecule is O=S(=O)(Nc1ccc(F)c(Br)c1)c1ccc(Cl)c(Br)c1. The van der Waals surface area contributed by atoms with E-state index in [0.717, 1.165) is 0 Å². The zero-order valence-corrected chi connectivity index (χ0v) is 14.4. The van der Waals surface area contributed by atoms with E-state index in [2.05, 4.69) is 36.6 Å². The normalized spacial score (nSPS) is 11.4. The van der Waals surface area contributed by atoms with Gasteiger partial charge in [-0.3, -0.25) is 4.72 Å². The van der Waals surface area contributed by atoms with E-state index in [0.29, 0.717) is 9.50 Å². The molecule has 3 nitrogen and oxygen atoms in total. The summed E-state index contributed by atoms with van der Waals surface area (Å²) in [6.45, 7) is 0. The Bertz CT molecular complexity index is 768. The zero-order chi connectivity index (χ0) is 14.9. The van der Waals surface area contributed by atoms with Gasteiger partial charge in [0.05, 0.1) is 20.1 Å². The highest BCUT2D eigenvalue weighted by atomic mass is 79.9. The molecule has 0 spiro atoms. The molecule has 0 aliphatic rings. The smallest absolute Gasteiger partial charge is 0.261 e. The van der Waals surface area contributed by atoms with Crippen LogP contribution in [0.3, 0.4) is 0 Å². The highest BCUT2D eigenvalue weighted by Crippen LogP contribution is 2.27. The summed E-state index contributed by atoms with van der Waals surface area (Å²) >= 11 is 12.0. The molecule has 8 heteroatoms. The van der Waals surface area contributed by atoms with Crippen molar-refractivity contribution in [1.29, 1.82) is 0 Å². The van der Waals surface area contributed by atoms with Crippen LogP contribution >= 0.6 is 43.5 Å². The zero-order valence-electron chi connectivity index (χ0n) is 9.70. The number of rotatable bonds is 3. The van der Waals surface area contributed by atoms with Gasteiger partial charge in [-0.2, -0.15) is 0 Å². The maximum Gasteiger partial charge on any atom is 0.261 e. The van der Waals surface area contributed by atoms with Gasteiger partial charge in [0.2, 0.25) is 0 Å². The van der Waals surface area contributed by atoms with Gasteiger partial charge in [0, 0.05) is 4.47 Å². The Labute approximate surface area is 137 Å². The number of nitrogens with one attached hydrogen (secondary N) is 1. The monoisotopic (exact) mass is 441 g/mol. The second-order valence-corrected chi connectivity index (χ2v) is 7.61. The van der Waals surface area contributed by atoms with Crippen molar-refractivity contribution < 1.29 is 12.8 Å². The van der Waals surface area contributed by atoms with E-state index in [1.165, 1.54) is 36.4 Å². The third kappa shape index (κ3) is 3.52. The second-order valence-electron chi connectivity index (χ2n) is 3.81. The Hall–Kier alpha value is -0.630. The standard InChI is InChI=1S/C12H7Br2ClFNO2S/c13-9-6-8(2-3-11(9)15)20(18,19)17-7-1-4-12(16)10(14)5-7/h1-6,17H. The lowest BCUT2D eigenvalue weighted by Gasteiger charge is -2.09. The first-order chi connectivity index (χ1) is 9.29. The van der Waals surface area contributed by atoms with Gasteiger partial charge in [0.15, 0.2) is 0 Å². The van der Waals surface area contributed by atoms with Crippen molar-refractivity contribution in [3.8, 4) is 0 Å². The van der Waals surface area contributed by atoms with Gasteiger partial charge in [-0.15, -0.1) is 0 Å². The van der Waals surface area contributed by atoms with E-state index in [9.17, 15) is 12.8 Å². The molecule has 0 amide bonds. The summed E-state index contributed by atoms with van der Waals surface area (Å²) in [5.74, 6) is -0.470. The first-order valence-corrected chi connectivity index (χ1v) is 8.67. The minimum atomic E-state index is -3.76. The van der Waals surface area contributed by atoms with Crippen LogP contribution in [-0.4, -0.2) is 8.42 Å². The molecule has 2 aromatic rings. The minimum Gasteiger partial charge on any atom is -0.280 e. The third-order valence-corrected chi connectivity index (χ3v) is 5.57. The maximum atomic E-state index is 13.1. The number of hydrogen-bond acceptors (Lipinski definition) is 2. The predicted octanol–water partition coefficient (Wildman–Crippen LogP) is 4.80. The summed E-state index contributed by atoms with van der Waals surface area (Å²) < 4.78 is 40.5. The molecule has 0 bridgehead atoms. The summed E-state index contributed by atoms with van der Waals surface area (Å²) in [5.41, 5.74) is 0.254. The Balaban J connectivity index is 2.35. The number of sulfonamides is 1. The van der Waals surface area contributed by atoms with E-state index < -0.39 is 15.8 Å². The second kappa shape index (κ2) is 6.01. The van der Waals surface area contributed by atoms with Gasteiger partial charge in [-0.05, 0) is 68.3 Å². The van der Waals surface area contributed by atoms with Gasteiger partial charge in [0.25, 0.3) is 10.0 Å². The van der Waals surface area contributed by atoms with Crippen LogP contribution in [0.25, 0.3) is 0 Å². The van der Waals surface area contributed by atoms with Gasteiger partial charge >= 0.3 is 0 Å². The van der Waals surface area contributed by atoms with E-state index in [-0.39, 0.29) is 15.1 Å². The van der Waals surface area contributed by atoms with Gasteiger partial charge in [-0.1, -0.05) is 11.6 Å². The lowest BCUT2D eigenvalue weighted by Crippen LogP contribution is -2.13. The van der Waals surface area contributed by atoms with E-state index >= 15 is 0 Å². The third-order valence-electron chi connectivity index (χ3n) is 2.37. The molecule has 20 heavy (non-hydrogen) atoms. The summed E-state index contributed by atoms with van der Waals surface area (Å²) in [4.78, 5) is 0.0502. The van der Waals surface area contributed by atoms with Gasteiger partial charge in [-0.25, -0.2) is 12.8 Å². The van der Waals surface area contributed by atoms with Crippen LogP contribution in [0.5, 0.6) is 0 Å². The predicted molar refractivity (Wildman–Crippen MR) is 84.1 cm³/mol. The summed E-state index contributed by atoms with van der Waals surface area (Å²) in [6.07, 6.45) is 0. The van der Waals surface area contributed by atoms with E-state index in [1.54, 1.807) is 0 Å². The average Bonchev–Trinajstić information content (AvgIpc) is 2.37. The summed E-state index contributed by atoms with van der Waals surface area (Å²) in [5, 5.41) is 0.411. The molecule has 0 aliphatic carbocycles. The topological polar surface area (TPSA) is 46.2 Å². The molecule has 0 radical (unpaired) electrons. The summed E-state index contributed by atoms with van der Waals surface area (Å²) in [7, 11) is -3.76. The Morgan fingerprint density at radius 1 is 1.05 bits per heavy atom. The largest absolute Gasteiger partial charge is 0.280 e. The highest BCUT2D eigenvalue weighted by Gasteiger charge is 2.16. The molecule has 0 heterocycles. The Kier molecular flexibility index (Phi) is 4.73. The maximum absolute atomic E-state index is 13.1. The molecule has 2 aromatic carbocycles. The van der Waals surface area contributed by atoms with E-state index in [4.69, 9.17) is 11.6 Å². The molecule has 2 rings (SSSR count). The molecule has 0 fully saturated rings.